The number of nitrogens with one attached hydrogen (secondary N) is 1. The van der Waals surface area contributed by atoms with Crippen molar-refractivity contribution in [2.24, 2.45) is 0 Å². The summed E-state index contributed by atoms with van der Waals surface area (Å²) in [6.45, 7) is 0. The molecule has 0 bridgehead atoms. The Morgan fingerprint density at radius 1 is 1.20 bits per heavy atom. The third kappa shape index (κ3) is 3.37. The Morgan fingerprint density at radius 2 is 1.90 bits per heavy atom. The molecule has 0 fully saturated rings. The molecule has 2 rings (SSSR count). The van der Waals surface area contributed by atoms with Crippen LogP contribution in [0.2, 0.25) is 0 Å². The average Bonchev–Trinajstić information content (AvgIpc) is 2.75. The van der Waals surface area contributed by atoms with Crippen molar-refractivity contribution in [3.63, 3.8) is 0 Å². The van der Waals surface area contributed by atoms with Gasteiger partial charge in [-0.15, -0.1) is 11.3 Å². The zero-order valence-electron chi connectivity index (χ0n) is 9.54. The van der Waals surface area contributed by atoms with Gasteiger partial charge in [0.05, 0.1) is 18.9 Å². The van der Waals surface area contributed by atoms with Crippen LogP contribution >= 0.6 is 43.2 Å². The summed E-state index contributed by atoms with van der Waals surface area (Å²) in [4.78, 5) is 10.1. The first-order valence-electron chi connectivity index (χ1n) is 5.02. The van der Waals surface area contributed by atoms with Crippen LogP contribution in [0, 0.1) is 10.1 Å². The van der Waals surface area contributed by atoms with Crippen molar-refractivity contribution in [1.29, 1.82) is 0 Å². The fourth-order valence-corrected chi connectivity index (χ4v) is 4.95. The molecule has 1 aromatic carbocycles. The number of thiophene rings is 1. The number of benzene rings is 1. The maximum absolute atomic E-state index is 12.1. The fourth-order valence-electron chi connectivity index (χ4n) is 1.37. The van der Waals surface area contributed by atoms with Crippen molar-refractivity contribution in [3.05, 3.63) is 48.7 Å². The predicted molar refractivity (Wildman–Crippen MR) is 83.6 cm³/mol. The summed E-state index contributed by atoms with van der Waals surface area (Å²) in [6, 6.07) is 7.01. The van der Waals surface area contributed by atoms with Crippen molar-refractivity contribution in [2.75, 3.05) is 4.72 Å². The maximum atomic E-state index is 12.1. The number of rotatable bonds is 4. The van der Waals surface area contributed by atoms with E-state index in [-0.39, 0.29) is 20.1 Å². The number of nitrogens with zero attached hydrogens (tertiary/aromatic N) is 1. The molecule has 0 aliphatic carbocycles. The molecule has 2 aromatic rings. The molecule has 1 heterocycles. The quantitative estimate of drug-likeness (QED) is 0.573. The number of nitro benzene ring substituents is 1. The number of nitro groups is 1. The molecule has 0 aliphatic rings. The zero-order valence-corrected chi connectivity index (χ0v) is 14.3. The predicted octanol–water partition coefficient (Wildman–Crippen LogP) is 3.98. The van der Waals surface area contributed by atoms with Crippen molar-refractivity contribution in [3.8, 4) is 0 Å². The molecular weight excluding hydrogens is 436 g/mol. The average molecular weight is 442 g/mol. The smallest absolute Gasteiger partial charge is 0.279 e. The van der Waals surface area contributed by atoms with Gasteiger partial charge < -0.3 is 0 Å². The largest absolute Gasteiger partial charge is 0.283 e. The van der Waals surface area contributed by atoms with Gasteiger partial charge in [0.2, 0.25) is 0 Å². The molecule has 0 radical (unpaired) electrons. The van der Waals surface area contributed by atoms with Gasteiger partial charge in [0.15, 0.2) is 0 Å². The lowest BCUT2D eigenvalue weighted by atomic mass is 10.3. The maximum Gasteiger partial charge on any atom is 0.283 e. The second-order valence-corrected chi connectivity index (χ2v) is 8.81. The monoisotopic (exact) mass is 440 g/mol. The molecule has 0 atom stereocenters. The van der Waals surface area contributed by atoms with Gasteiger partial charge in [0.25, 0.3) is 15.7 Å². The second-order valence-electron chi connectivity index (χ2n) is 3.59. The molecule has 1 aromatic heterocycles. The highest BCUT2D eigenvalue weighted by Crippen LogP contribution is 2.31. The van der Waals surface area contributed by atoms with Crippen LogP contribution in [0.25, 0.3) is 0 Å². The molecule has 6 nitrogen and oxygen atoms in total. The van der Waals surface area contributed by atoms with Crippen LogP contribution in [0.15, 0.2) is 42.8 Å². The zero-order chi connectivity index (χ0) is 14.9. The lowest BCUT2D eigenvalue weighted by Gasteiger charge is -2.06. The fraction of sp³-hybridized carbons (Fsp3) is 0. The number of sulfonamides is 1. The van der Waals surface area contributed by atoms with Crippen molar-refractivity contribution >= 4 is 64.6 Å². The minimum Gasteiger partial charge on any atom is -0.279 e. The first-order chi connectivity index (χ1) is 9.29. The summed E-state index contributed by atoms with van der Waals surface area (Å²) in [5.74, 6) is 0. The van der Waals surface area contributed by atoms with E-state index in [9.17, 15) is 18.5 Å². The Morgan fingerprint density at radius 3 is 2.40 bits per heavy atom. The molecule has 0 aliphatic heterocycles. The first kappa shape index (κ1) is 15.4. The van der Waals surface area contributed by atoms with Crippen LogP contribution in [-0.4, -0.2) is 13.3 Å². The molecule has 106 valence electrons. The van der Waals surface area contributed by atoms with Gasteiger partial charge in [-0.2, -0.15) is 0 Å². The first-order valence-corrected chi connectivity index (χ1v) is 8.90. The van der Waals surface area contributed by atoms with E-state index in [1.54, 1.807) is 6.07 Å². The van der Waals surface area contributed by atoms with Crippen molar-refractivity contribution in [1.82, 2.24) is 0 Å². The molecule has 0 unspecified atom stereocenters. The van der Waals surface area contributed by atoms with E-state index in [4.69, 9.17) is 0 Å². The molecule has 0 saturated carbocycles. The molecule has 1 N–H and O–H groups in total. The minimum absolute atomic E-state index is 0.133. The van der Waals surface area contributed by atoms with E-state index >= 15 is 0 Å². The van der Waals surface area contributed by atoms with Crippen molar-refractivity contribution in [2.45, 2.75) is 4.21 Å². The second kappa shape index (κ2) is 5.80. The normalized spacial score (nSPS) is 11.3. The highest BCUT2D eigenvalue weighted by atomic mass is 79.9. The summed E-state index contributed by atoms with van der Waals surface area (Å²) in [6.07, 6.45) is 0. The van der Waals surface area contributed by atoms with E-state index < -0.39 is 14.9 Å². The standard InChI is InChI=1S/C10H6Br2N2O4S2/c11-7-5-6(1-2-8(7)14(15)16)13-20(17,18)10-4-3-9(12)19-10/h1-5,13H. The number of halogens is 2. The van der Waals surface area contributed by atoms with Gasteiger partial charge in [-0.25, -0.2) is 8.42 Å². The Bertz CT molecular complexity index is 773. The summed E-state index contributed by atoms with van der Waals surface area (Å²) in [7, 11) is -3.69. The Hall–Kier alpha value is -0.970. The SMILES string of the molecule is O=[N+]([O-])c1ccc(NS(=O)(=O)c2ccc(Br)s2)cc1Br. The van der Waals surface area contributed by atoms with Crippen molar-refractivity contribution < 1.29 is 13.3 Å². The van der Waals surface area contributed by atoms with Gasteiger partial charge in [0, 0.05) is 6.07 Å². The molecular formula is C10H6Br2N2O4S2. The summed E-state index contributed by atoms with van der Waals surface area (Å²) in [5, 5.41) is 10.7. The van der Waals surface area contributed by atoms with E-state index in [2.05, 4.69) is 36.6 Å². The number of hydrogen-bond donors (Lipinski definition) is 1. The molecule has 0 spiro atoms. The third-order valence-electron chi connectivity index (χ3n) is 2.21. The Kier molecular flexibility index (Phi) is 4.47. The number of hydrogen-bond acceptors (Lipinski definition) is 5. The lowest BCUT2D eigenvalue weighted by Crippen LogP contribution is -2.11. The topological polar surface area (TPSA) is 89.3 Å². The summed E-state index contributed by atoms with van der Waals surface area (Å²) >= 11 is 7.30. The van der Waals surface area contributed by atoms with Crippen LogP contribution in [0.5, 0.6) is 0 Å². The van der Waals surface area contributed by atoms with Crippen LogP contribution in [0.1, 0.15) is 0 Å². The van der Waals surface area contributed by atoms with E-state index in [0.29, 0.717) is 3.79 Å². The van der Waals surface area contributed by atoms with Crippen LogP contribution in [-0.2, 0) is 10.0 Å². The highest BCUT2D eigenvalue weighted by Gasteiger charge is 2.18. The van der Waals surface area contributed by atoms with E-state index in [1.165, 1.54) is 24.3 Å². The van der Waals surface area contributed by atoms with Gasteiger partial charge in [-0.1, -0.05) is 0 Å². The van der Waals surface area contributed by atoms with Crippen LogP contribution < -0.4 is 4.72 Å². The summed E-state index contributed by atoms with van der Waals surface area (Å²) < 4.78 is 27.6. The van der Waals surface area contributed by atoms with Crippen LogP contribution in [0.4, 0.5) is 11.4 Å². The number of anilines is 1. The van der Waals surface area contributed by atoms with E-state index in [1.807, 2.05) is 0 Å². The van der Waals surface area contributed by atoms with Gasteiger partial charge >= 0.3 is 0 Å². The Balaban J connectivity index is 2.30. The third-order valence-corrected chi connectivity index (χ3v) is 6.34. The highest BCUT2D eigenvalue weighted by molar-refractivity contribution is 9.11. The Labute approximate surface area is 135 Å². The summed E-state index contributed by atoms with van der Waals surface area (Å²) in [5.41, 5.74) is 0.110. The van der Waals surface area contributed by atoms with Crippen LogP contribution in [0.3, 0.4) is 0 Å². The molecule has 0 saturated heterocycles. The minimum atomic E-state index is -3.69. The van der Waals surface area contributed by atoms with Gasteiger partial charge in [-0.05, 0) is 56.1 Å². The molecule has 10 heteroatoms. The van der Waals surface area contributed by atoms with E-state index in [0.717, 1.165) is 11.3 Å². The molecule has 20 heavy (non-hydrogen) atoms. The van der Waals surface area contributed by atoms with Gasteiger partial charge in [0.1, 0.15) is 4.21 Å². The van der Waals surface area contributed by atoms with Gasteiger partial charge in [-0.3, -0.25) is 14.8 Å². The molecule has 0 amide bonds. The lowest BCUT2D eigenvalue weighted by molar-refractivity contribution is -0.385.